The minimum Gasteiger partial charge on any atom is -0.267 e. The van der Waals surface area contributed by atoms with Gasteiger partial charge < -0.3 is 0 Å². The Morgan fingerprint density at radius 2 is 1.80 bits per heavy atom. The molecule has 4 rings (SSSR count). The van der Waals surface area contributed by atoms with Crippen molar-refractivity contribution in [2.24, 2.45) is 0 Å². The fourth-order valence-electron chi connectivity index (χ4n) is 2.81. The Hall–Kier alpha value is -3.01. The average molecular weight is 463 g/mol. The molecule has 0 aliphatic heterocycles. The van der Waals surface area contributed by atoms with Crippen LogP contribution >= 0.6 is 35.0 Å². The Kier molecular flexibility index (Phi) is 5.42. The molecule has 0 N–H and O–H groups in total. The maximum absolute atomic E-state index is 14.2. The maximum Gasteiger partial charge on any atom is 0.281 e. The molecule has 0 spiro atoms. The molecule has 0 saturated carbocycles. The third-order valence-corrected chi connectivity index (χ3v) is 5.75. The van der Waals surface area contributed by atoms with E-state index in [2.05, 4.69) is 10.1 Å². The number of hydrogen-bond donors (Lipinski definition) is 0. The quantitative estimate of drug-likeness (QED) is 0.303. The second kappa shape index (κ2) is 8.02. The monoisotopic (exact) mass is 462 g/mol. The van der Waals surface area contributed by atoms with E-state index in [4.69, 9.17) is 23.2 Å². The predicted octanol–water partition coefficient (Wildman–Crippen LogP) is 5.26. The van der Waals surface area contributed by atoms with Crippen LogP contribution in [0.2, 0.25) is 10.0 Å². The van der Waals surface area contributed by atoms with Crippen molar-refractivity contribution in [3.05, 3.63) is 91.2 Å². The zero-order valence-electron chi connectivity index (χ0n) is 14.8. The number of aromatic nitrogens is 3. The highest BCUT2D eigenvalue weighted by molar-refractivity contribution is 7.99. The largest absolute Gasteiger partial charge is 0.281 e. The predicted molar refractivity (Wildman–Crippen MR) is 112 cm³/mol. The summed E-state index contributed by atoms with van der Waals surface area (Å²) in [7, 11) is 0. The van der Waals surface area contributed by atoms with Gasteiger partial charge in [0.05, 0.1) is 37.0 Å². The molecule has 0 aliphatic rings. The number of non-ortho nitro benzene ring substituents is 1. The third kappa shape index (κ3) is 3.74. The SMILES string of the molecule is O=c1ncn2nc(Sc3ccc([N+](=O)[O-])cc3F)ccc2c1-c1c(Cl)cccc1Cl. The van der Waals surface area contributed by atoms with Gasteiger partial charge in [-0.2, -0.15) is 10.1 Å². The van der Waals surface area contributed by atoms with Gasteiger partial charge in [-0.05, 0) is 30.3 Å². The van der Waals surface area contributed by atoms with Gasteiger partial charge in [0.2, 0.25) is 0 Å². The van der Waals surface area contributed by atoms with Crippen molar-refractivity contribution < 1.29 is 9.31 Å². The van der Waals surface area contributed by atoms with Gasteiger partial charge in [0, 0.05) is 11.6 Å². The molecule has 2 aromatic heterocycles. The summed E-state index contributed by atoms with van der Waals surface area (Å²) in [6, 6.07) is 11.5. The van der Waals surface area contributed by atoms with Gasteiger partial charge in [0.15, 0.2) is 0 Å². The highest BCUT2D eigenvalue weighted by Gasteiger charge is 2.18. The van der Waals surface area contributed by atoms with E-state index in [0.29, 0.717) is 26.2 Å². The Morgan fingerprint density at radius 1 is 1.07 bits per heavy atom. The molecule has 0 aliphatic carbocycles. The van der Waals surface area contributed by atoms with Crippen molar-refractivity contribution >= 4 is 46.2 Å². The van der Waals surface area contributed by atoms with Crippen LogP contribution < -0.4 is 5.56 Å². The van der Waals surface area contributed by atoms with Crippen molar-refractivity contribution in [2.45, 2.75) is 9.92 Å². The van der Waals surface area contributed by atoms with E-state index < -0.39 is 16.3 Å². The zero-order chi connectivity index (χ0) is 21.4. The lowest BCUT2D eigenvalue weighted by atomic mass is 10.1. The van der Waals surface area contributed by atoms with Crippen LogP contribution in [0.4, 0.5) is 10.1 Å². The molecule has 4 aromatic rings. The molecule has 0 amide bonds. The smallest absolute Gasteiger partial charge is 0.267 e. The molecular weight excluding hydrogens is 454 g/mol. The van der Waals surface area contributed by atoms with E-state index in [9.17, 15) is 19.3 Å². The number of fused-ring (bicyclic) bond motifs is 1. The van der Waals surface area contributed by atoms with Gasteiger partial charge in [0.1, 0.15) is 17.2 Å². The van der Waals surface area contributed by atoms with E-state index in [0.717, 1.165) is 17.8 Å². The van der Waals surface area contributed by atoms with Gasteiger partial charge in [-0.15, -0.1) is 0 Å². The number of benzene rings is 2. The standard InChI is InChI=1S/C19H9Cl2FN4O3S/c20-11-2-1-3-12(21)17(11)18-14-5-7-16(24-25(14)9-23-19(18)27)30-15-6-4-10(26(28)29)8-13(15)22/h1-9H. The molecule has 0 atom stereocenters. The van der Waals surface area contributed by atoms with E-state index in [-0.39, 0.29) is 16.1 Å². The first-order valence-corrected chi connectivity index (χ1v) is 9.87. The molecule has 0 bridgehead atoms. The van der Waals surface area contributed by atoms with Crippen molar-refractivity contribution in [1.82, 2.24) is 14.6 Å². The van der Waals surface area contributed by atoms with Gasteiger partial charge in [-0.1, -0.05) is 41.0 Å². The van der Waals surface area contributed by atoms with E-state index in [1.54, 1.807) is 30.3 Å². The summed E-state index contributed by atoms with van der Waals surface area (Å²) < 4.78 is 15.6. The first-order valence-electron chi connectivity index (χ1n) is 8.30. The maximum atomic E-state index is 14.2. The Morgan fingerprint density at radius 3 is 2.47 bits per heavy atom. The number of nitrogens with zero attached hydrogens (tertiary/aromatic N) is 4. The van der Waals surface area contributed by atoms with Crippen LogP contribution in [0.5, 0.6) is 0 Å². The topological polar surface area (TPSA) is 90.4 Å². The Bertz CT molecular complexity index is 1360. The fraction of sp³-hybridized carbons (Fsp3) is 0. The van der Waals surface area contributed by atoms with Crippen molar-refractivity contribution in [1.29, 1.82) is 0 Å². The van der Waals surface area contributed by atoms with Crippen LogP contribution in [0.25, 0.3) is 16.6 Å². The molecule has 2 aromatic carbocycles. The first kappa shape index (κ1) is 20.3. The number of halogens is 3. The highest BCUT2D eigenvalue weighted by Crippen LogP contribution is 2.35. The van der Waals surface area contributed by atoms with Crippen LogP contribution in [0, 0.1) is 15.9 Å². The molecule has 2 heterocycles. The molecule has 0 saturated heterocycles. The van der Waals surface area contributed by atoms with Crippen LogP contribution in [0.15, 0.2) is 69.6 Å². The fourth-order valence-corrected chi connectivity index (χ4v) is 4.18. The number of hydrogen-bond acceptors (Lipinski definition) is 6. The van der Waals surface area contributed by atoms with Crippen molar-refractivity contribution in [2.75, 3.05) is 0 Å². The number of nitro groups is 1. The van der Waals surface area contributed by atoms with Crippen LogP contribution in [0.3, 0.4) is 0 Å². The Balaban J connectivity index is 1.79. The van der Waals surface area contributed by atoms with Gasteiger partial charge in [-0.3, -0.25) is 14.9 Å². The number of nitro benzene ring substituents is 1. The minimum atomic E-state index is -0.738. The average Bonchev–Trinajstić information content (AvgIpc) is 2.70. The van der Waals surface area contributed by atoms with E-state index in [1.165, 1.54) is 23.0 Å². The summed E-state index contributed by atoms with van der Waals surface area (Å²) >= 11 is 13.5. The molecule has 7 nitrogen and oxygen atoms in total. The summed E-state index contributed by atoms with van der Waals surface area (Å²) in [5.74, 6) is -0.738. The summed E-state index contributed by atoms with van der Waals surface area (Å²) in [5, 5.41) is 16.1. The second-order valence-electron chi connectivity index (χ2n) is 6.00. The van der Waals surface area contributed by atoms with Crippen molar-refractivity contribution in [3.63, 3.8) is 0 Å². The van der Waals surface area contributed by atoms with Gasteiger partial charge >= 0.3 is 0 Å². The molecule has 0 fully saturated rings. The normalized spacial score (nSPS) is 11.0. The summed E-state index contributed by atoms with van der Waals surface area (Å²) in [6.45, 7) is 0. The summed E-state index contributed by atoms with van der Waals surface area (Å²) in [5.41, 5.74) is 0.0944. The summed E-state index contributed by atoms with van der Waals surface area (Å²) in [6.07, 6.45) is 1.24. The van der Waals surface area contributed by atoms with E-state index >= 15 is 0 Å². The van der Waals surface area contributed by atoms with Gasteiger partial charge in [-0.25, -0.2) is 8.91 Å². The highest BCUT2D eigenvalue weighted by atomic mass is 35.5. The molecular formula is C19H9Cl2FN4O3S. The molecule has 150 valence electrons. The van der Waals surface area contributed by atoms with Gasteiger partial charge in [0.25, 0.3) is 11.2 Å². The number of rotatable bonds is 4. The summed E-state index contributed by atoms with van der Waals surface area (Å²) in [4.78, 5) is 26.5. The first-order chi connectivity index (χ1) is 14.3. The lowest BCUT2D eigenvalue weighted by Crippen LogP contribution is -2.14. The van der Waals surface area contributed by atoms with Crippen LogP contribution in [-0.2, 0) is 0 Å². The Labute approximate surface area is 182 Å². The van der Waals surface area contributed by atoms with Crippen LogP contribution in [0.1, 0.15) is 0 Å². The molecule has 0 unspecified atom stereocenters. The second-order valence-corrected chi connectivity index (χ2v) is 7.87. The lowest BCUT2D eigenvalue weighted by Gasteiger charge is -2.10. The van der Waals surface area contributed by atoms with E-state index in [1.807, 2.05) is 0 Å². The zero-order valence-corrected chi connectivity index (χ0v) is 17.1. The van der Waals surface area contributed by atoms with Crippen molar-refractivity contribution in [3.8, 4) is 11.1 Å². The molecule has 11 heteroatoms. The minimum absolute atomic E-state index is 0.163. The lowest BCUT2D eigenvalue weighted by molar-refractivity contribution is -0.385. The third-order valence-electron chi connectivity index (χ3n) is 4.14. The van der Waals surface area contributed by atoms with Crippen LogP contribution in [-0.4, -0.2) is 19.5 Å². The molecule has 0 radical (unpaired) electrons. The molecule has 30 heavy (non-hydrogen) atoms.